The van der Waals surface area contributed by atoms with E-state index in [1.165, 1.54) is 128 Å². The maximum atomic E-state index is 12.5. The van der Waals surface area contributed by atoms with Gasteiger partial charge in [-0.2, -0.15) is 12.6 Å². The second kappa shape index (κ2) is 34.3. The fourth-order valence-corrected chi connectivity index (χ4v) is 7.12. The molecule has 0 aliphatic rings. The molecule has 0 aromatic rings. The molecule has 274 valence electrons. The van der Waals surface area contributed by atoms with Crippen LogP contribution in [0.25, 0.3) is 0 Å². The SMILES string of the molecule is CCCCCCCCCCCCCCCC(=O)OC[C@H](COP(=O)(O)CCS)OC(=O)CCCCCCCCCCCCCCC. The van der Waals surface area contributed by atoms with E-state index in [0.29, 0.717) is 6.42 Å². The van der Waals surface area contributed by atoms with Gasteiger partial charge in [-0.05, 0) is 12.8 Å². The molecule has 0 bridgehead atoms. The summed E-state index contributed by atoms with van der Waals surface area (Å²) in [5, 5.41) is 0. The van der Waals surface area contributed by atoms with E-state index in [1.54, 1.807) is 0 Å². The number of esters is 2. The maximum absolute atomic E-state index is 12.5. The summed E-state index contributed by atoms with van der Waals surface area (Å²) < 4.78 is 28.2. The van der Waals surface area contributed by atoms with Gasteiger partial charge in [0, 0.05) is 18.6 Å². The van der Waals surface area contributed by atoms with Gasteiger partial charge in [0.15, 0.2) is 6.10 Å². The number of ether oxygens (including phenoxy) is 2. The van der Waals surface area contributed by atoms with Crippen LogP contribution >= 0.6 is 20.2 Å². The van der Waals surface area contributed by atoms with Gasteiger partial charge in [0.05, 0.1) is 12.8 Å². The number of carbonyl (C=O) groups is 2. The van der Waals surface area contributed by atoms with Gasteiger partial charge in [0.1, 0.15) is 6.61 Å². The summed E-state index contributed by atoms with van der Waals surface area (Å²) in [4.78, 5) is 34.8. The van der Waals surface area contributed by atoms with Crippen LogP contribution in [0.15, 0.2) is 0 Å². The number of thiol groups is 1. The van der Waals surface area contributed by atoms with Gasteiger partial charge in [0.2, 0.25) is 0 Å². The molecule has 0 spiro atoms. The van der Waals surface area contributed by atoms with Crippen molar-refractivity contribution in [3.63, 3.8) is 0 Å². The van der Waals surface area contributed by atoms with Gasteiger partial charge in [-0.3, -0.25) is 14.2 Å². The fourth-order valence-electron chi connectivity index (χ4n) is 5.58. The van der Waals surface area contributed by atoms with Crippen LogP contribution in [0.3, 0.4) is 0 Å². The average molecular weight is 693 g/mol. The molecule has 2 atom stereocenters. The lowest BCUT2D eigenvalue weighted by Crippen LogP contribution is -2.29. The Kier molecular flexibility index (Phi) is 33.9. The Morgan fingerprint density at radius 1 is 0.565 bits per heavy atom. The summed E-state index contributed by atoms with van der Waals surface area (Å²) >= 11 is 4.00. The van der Waals surface area contributed by atoms with Crippen molar-refractivity contribution in [2.24, 2.45) is 0 Å². The molecule has 0 heterocycles. The largest absolute Gasteiger partial charge is 0.462 e. The van der Waals surface area contributed by atoms with Crippen LogP contribution in [0, 0.1) is 0 Å². The molecule has 1 N–H and O–H groups in total. The highest BCUT2D eigenvalue weighted by molar-refractivity contribution is 7.80. The predicted octanol–water partition coefficient (Wildman–Crippen LogP) is 11.5. The molecule has 0 amide bonds. The third-order valence-corrected chi connectivity index (χ3v) is 10.5. The standard InChI is InChI=1S/C37H73O7PS/c1-3-5-7-9-11-13-15-17-19-21-23-25-27-29-36(38)42-33-35(34-43-45(40,41)31-32-46)44-37(39)30-28-26-24-22-20-18-16-14-12-10-8-6-4-2/h35,46H,3-34H2,1-2H3,(H,40,41)/t35-/m1/s1. The first-order valence-corrected chi connectivity index (χ1v) is 21.7. The third-order valence-electron chi connectivity index (χ3n) is 8.54. The Balaban J connectivity index is 4.11. The van der Waals surface area contributed by atoms with Crippen LogP contribution < -0.4 is 0 Å². The van der Waals surface area contributed by atoms with E-state index in [1.807, 2.05) is 0 Å². The first-order chi connectivity index (χ1) is 22.3. The lowest BCUT2D eigenvalue weighted by atomic mass is 10.0. The lowest BCUT2D eigenvalue weighted by molar-refractivity contribution is -0.161. The molecule has 0 fully saturated rings. The van der Waals surface area contributed by atoms with Gasteiger partial charge in [-0.25, -0.2) is 0 Å². The van der Waals surface area contributed by atoms with Gasteiger partial charge in [-0.15, -0.1) is 0 Å². The van der Waals surface area contributed by atoms with Gasteiger partial charge in [-0.1, -0.05) is 168 Å². The van der Waals surface area contributed by atoms with Crippen molar-refractivity contribution in [1.82, 2.24) is 0 Å². The Labute approximate surface area is 289 Å². The van der Waals surface area contributed by atoms with Crippen molar-refractivity contribution in [1.29, 1.82) is 0 Å². The summed E-state index contributed by atoms with van der Waals surface area (Å²) in [7, 11) is -3.84. The third kappa shape index (κ3) is 33.3. The van der Waals surface area contributed by atoms with E-state index in [2.05, 4.69) is 26.5 Å². The van der Waals surface area contributed by atoms with Gasteiger partial charge < -0.3 is 18.9 Å². The van der Waals surface area contributed by atoms with E-state index in [0.717, 1.165) is 38.5 Å². The van der Waals surface area contributed by atoms with E-state index in [9.17, 15) is 19.0 Å². The Bertz CT molecular complexity index is 737. The summed E-state index contributed by atoms with van der Waals surface area (Å²) in [6.45, 7) is 4.03. The van der Waals surface area contributed by atoms with Crippen molar-refractivity contribution >= 4 is 32.2 Å². The quantitative estimate of drug-likeness (QED) is 0.0292. The smallest absolute Gasteiger partial charge is 0.329 e. The average Bonchev–Trinajstić information content (AvgIpc) is 3.03. The molecule has 7 nitrogen and oxygen atoms in total. The molecule has 0 radical (unpaired) electrons. The molecule has 9 heteroatoms. The first kappa shape index (κ1) is 45.4. The summed E-state index contributed by atoms with van der Waals surface area (Å²) in [6.07, 6.45) is 31.6. The van der Waals surface area contributed by atoms with E-state index < -0.39 is 19.7 Å². The lowest BCUT2D eigenvalue weighted by Gasteiger charge is -2.20. The minimum absolute atomic E-state index is 0.103. The molecular weight excluding hydrogens is 619 g/mol. The summed E-state index contributed by atoms with van der Waals surface area (Å²) in [5.41, 5.74) is 0. The Hall–Kier alpha value is -0.560. The normalized spacial score (nSPS) is 13.4. The van der Waals surface area contributed by atoms with Crippen LogP contribution in [0.2, 0.25) is 0 Å². The minimum atomic E-state index is -3.84. The highest BCUT2D eigenvalue weighted by Gasteiger charge is 2.24. The van der Waals surface area contributed by atoms with Crippen LogP contribution in [0.1, 0.15) is 194 Å². The molecule has 0 saturated heterocycles. The number of unbranched alkanes of at least 4 members (excludes halogenated alkanes) is 24. The molecule has 0 aromatic carbocycles. The zero-order valence-electron chi connectivity index (χ0n) is 30.0. The Morgan fingerprint density at radius 2 is 0.913 bits per heavy atom. The van der Waals surface area contributed by atoms with Crippen LogP contribution in [-0.2, 0) is 28.2 Å². The number of rotatable bonds is 36. The molecule has 46 heavy (non-hydrogen) atoms. The highest BCUT2D eigenvalue weighted by Crippen LogP contribution is 2.41. The molecule has 0 rings (SSSR count). The predicted molar refractivity (Wildman–Crippen MR) is 196 cm³/mol. The molecule has 0 aliphatic heterocycles. The van der Waals surface area contributed by atoms with Crippen LogP contribution in [0.5, 0.6) is 0 Å². The number of hydrogen-bond donors (Lipinski definition) is 2. The van der Waals surface area contributed by atoms with Crippen molar-refractivity contribution in [3.05, 3.63) is 0 Å². The highest BCUT2D eigenvalue weighted by atomic mass is 32.1. The van der Waals surface area contributed by atoms with Crippen molar-refractivity contribution in [3.8, 4) is 0 Å². The maximum Gasteiger partial charge on any atom is 0.329 e. The number of carbonyl (C=O) groups excluding carboxylic acids is 2. The molecule has 0 aliphatic carbocycles. The van der Waals surface area contributed by atoms with E-state index >= 15 is 0 Å². The molecule has 1 unspecified atom stereocenters. The van der Waals surface area contributed by atoms with Crippen LogP contribution in [0.4, 0.5) is 0 Å². The van der Waals surface area contributed by atoms with Crippen molar-refractivity contribution in [2.75, 3.05) is 25.1 Å². The van der Waals surface area contributed by atoms with E-state index in [4.69, 9.17) is 14.0 Å². The van der Waals surface area contributed by atoms with Gasteiger partial charge in [0.25, 0.3) is 0 Å². The van der Waals surface area contributed by atoms with Crippen LogP contribution in [-0.4, -0.2) is 48.1 Å². The zero-order chi connectivity index (χ0) is 34.0. The number of hydrogen-bond acceptors (Lipinski definition) is 7. The zero-order valence-corrected chi connectivity index (χ0v) is 31.8. The Morgan fingerprint density at radius 3 is 1.28 bits per heavy atom. The topological polar surface area (TPSA) is 99.1 Å². The minimum Gasteiger partial charge on any atom is -0.462 e. The summed E-state index contributed by atoms with van der Waals surface area (Å²) in [6, 6.07) is 0. The van der Waals surface area contributed by atoms with E-state index in [-0.39, 0.29) is 37.5 Å². The monoisotopic (exact) mass is 692 g/mol. The first-order valence-electron chi connectivity index (χ1n) is 19.3. The molecule has 0 saturated carbocycles. The van der Waals surface area contributed by atoms with Crippen molar-refractivity contribution in [2.45, 2.75) is 200 Å². The fraction of sp³-hybridized carbons (Fsp3) is 0.946. The second-order valence-electron chi connectivity index (χ2n) is 13.2. The van der Waals surface area contributed by atoms with Gasteiger partial charge >= 0.3 is 19.5 Å². The second-order valence-corrected chi connectivity index (χ2v) is 15.6. The van der Waals surface area contributed by atoms with Crippen molar-refractivity contribution < 1.29 is 33.0 Å². The summed E-state index contributed by atoms with van der Waals surface area (Å²) in [5.74, 6) is -0.542. The molecule has 0 aromatic heterocycles. The molecular formula is C37H73O7PS.